The zero-order valence-corrected chi connectivity index (χ0v) is 8.12. The predicted octanol–water partition coefficient (Wildman–Crippen LogP) is 0.444. The molecule has 2 N–H and O–H groups in total. The topological polar surface area (TPSA) is 38.5 Å². The van der Waals surface area contributed by atoms with Gasteiger partial charge in [-0.05, 0) is 13.3 Å². The Hall–Kier alpha value is -0.120. The van der Waals surface area contributed by atoms with Gasteiger partial charge in [0.1, 0.15) is 0 Å². The van der Waals surface area contributed by atoms with Gasteiger partial charge < -0.3 is 10.5 Å². The average molecular weight is 172 g/mol. The monoisotopic (exact) mass is 172 g/mol. The lowest BCUT2D eigenvalue weighted by Crippen LogP contribution is -2.49. The quantitative estimate of drug-likeness (QED) is 0.671. The summed E-state index contributed by atoms with van der Waals surface area (Å²) in [6.45, 7) is 8.05. The average Bonchev–Trinajstić information content (AvgIpc) is 2.04. The van der Waals surface area contributed by atoms with Gasteiger partial charge in [0.2, 0.25) is 0 Å². The summed E-state index contributed by atoms with van der Waals surface area (Å²) in [6, 6.07) is 0.863. The minimum absolute atomic E-state index is 0.275. The van der Waals surface area contributed by atoms with E-state index >= 15 is 0 Å². The molecule has 1 rings (SSSR count). The summed E-state index contributed by atoms with van der Waals surface area (Å²) in [5.41, 5.74) is 5.76. The molecule has 0 amide bonds. The van der Waals surface area contributed by atoms with Crippen LogP contribution >= 0.6 is 0 Å². The lowest BCUT2D eigenvalue weighted by atomic mass is 10.1. The molecule has 0 aromatic carbocycles. The fraction of sp³-hybridized carbons (Fsp3) is 1.00. The van der Waals surface area contributed by atoms with Crippen LogP contribution < -0.4 is 5.73 Å². The molecule has 0 aromatic heterocycles. The van der Waals surface area contributed by atoms with Crippen molar-refractivity contribution in [1.82, 2.24) is 4.90 Å². The van der Waals surface area contributed by atoms with Gasteiger partial charge in [-0.2, -0.15) is 0 Å². The summed E-state index contributed by atoms with van der Waals surface area (Å²) < 4.78 is 5.40. The molecule has 1 aliphatic rings. The number of rotatable bonds is 3. The van der Waals surface area contributed by atoms with Crippen molar-refractivity contribution in [3.63, 3.8) is 0 Å². The Bertz CT molecular complexity index is 128. The van der Waals surface area contributed by atoms with Crippen LogP contribution in [0.4, 0.5) is 0 Å². The van der Waals surface area contributed by atoms with Crippen LogP contribution in [0.15, 0.2) is 0 Å². The summed E-state index contributed by atoms with van der Waals surface area (Å²) >= 11 is 0. The standard InChI is InChI=1S/C9H20N2O/c1-3-9-7-12-5-4-11(9)6-8(2)10/h8-9H,3-7,10H2,1-2H3/t8-,9?/m1/s1. The van der Waals surface area contributed by atoms with E-state index in [1.54, 1.807) is 0 Å². The summed E-state index contributed by atoms with van der Waals surface area (Å²) in [5.74, 6) is 0. The second-order valence-corrected chi connectivity index (χ2v) is 3.61. The Labute approximate surface area is 74.9 Å². The molecule has 0 aromatic rings. The molecule has 12 heavy (non-hydrogen) atoms. The highest BCUT2D eigenvalue weighted by molar-refractivity contribution is 4.76. The van der Waals surface area contributed by atoms with E-state index in [1.165, 1.54) is 0 Å². The third kappa shape index (κ3) is 2.73. The molecule has 1 unspecified atom stereocenters. The number of ether oxygens (including phenoxy) is 1. The van der Waals surface area contributed by atoms with E-state index < -0.39 is 0 Å². The Balaban J connectivity index is 2.36. The van der Waals surface area contributed by atoms with Crippen LogP contribution in [0.1, 0.15) is 20.3 Å². The largest absolute Gasteiger partial charge is 0.378 e. The van der Waals surface area contributed by atoms with Gasteiger partial charge in [0.15, 0.2) is 0 Å². The van der Waals surface area contributed by atoms with Gasteiger partial charge in [-0.25, -0.2) is 0 Å². The molecule has 0 bridgehead atoms. The maximum Gasteiger partial charge on any atom is 0.0622 e. The predicted molar refractivity (Wildman–Crippen MR) is 50.1 cm³/mol. The number of nitrogens with zero attached hydrogens (tertiary/aromatic N) is 1. The molecule has 0 saturated carbocycles. The maximum absolute atomic E-state index is 5.76. The number of hydrogen-bond donors (Lipinski definition) is 1. The Morgan fingerprint density at radius 1 is 1.67 bits per heavy atom. The highest BCUT2D eigenvalue weighted by atomic mass is 16.5. The van der Waals surface area contributed by atoms with Crippen molar-refractivity contribution in [1.29, 1.82) is 0 Å². The SMILES string of the molecule is CCC1COCCN1C[C@@H](C)N. The minimum atomic E-state index is 0.275. The molecular weight excluding hydrogens is 152 g/mol. The van der Waals surface area contributed by atoms with Gasteiger partial charge in [0.05, 0.1) is 13.2 Å². The lowest BCUT2D eigenvalue weighted by molar-refractivity contribution is -0.0102. The van der Waals surface area contributed by atoms with Crippen LogP contribution in [0.5, 0.6) is 0 Å². The smallest absolute Gasteiger partial charge is 0.0622 e. The third-order valence-electron chi connectivity index (χ3n) is 2.34. The molecule has 1 heterocycles. The van der Waals surface area contributed by atoms with Gasteiger partial charge in [-0.3, -0.25) is 4.90 Å². The van der Waals surface area contributed by atoms with E-state index in [9.17, 15) is 0 Å². The fourth-order valence-corrected chi connectivity index (χ4v) is 1.68. The molecule has 2 atom stereocenters. The minimum Gasteiger partial charge on any atom is -0.378 e. The Morgan fingerprint density at radius 3 is 3.00 bits per heavy atom. The van der Waals surface area contributed by atoms with E-state index in [2.05, 4.69) is 18.7 Å². The van der Waals surface area contributed by atoms with Crippen LogP contribution in [-0.2, 0) is 4.74 Å². The first-order valence-corrected chi connectivity index (χ1v) is 4.81. The molecule has 72 valence electrons. The van der Waals surface area contributed by atoms with Crippen LogP contribution in [0.25, 0.3) is 0 Å². The van der Waals surface area contributed by atoms with E-state index in [4.69, 9.17) is 10.5 Å². The van der Waals surface area contributed by atoms with Crippen molar-refractivity contribution in [2.45, 2.75) is 32.4 Å². The second kappa shape index (κ2) is 4.80. The summed E-state index contributed by atoms with van der Waals surface area (Å²) in [4.78, 5) is 2.44. The van der Waals surface area contributed by atoms with Crippen LogP contribution in [0.3, 0.4) is 0 Å². The van der Waals surface area contributed by atoms with E-state index in [0.29, 0.717) is 6.04 Å². The van der Waals surface area contributed by atoms with Gasteiger partial charge in [-0.1, -0.05) is 6.92 Å². The lowest BCUT2D eigenvalue weighted by Gasteiger charge is -2.35. The van der Waals surface area contributed by atoms with Gasteiger partial charge in [0.25, 0.3) is 0 Å². The van der Waals surface area contributed by atoms with Crippen LogP contribution in [0, 0.1) is 0 Å². The molecule has 0 spiro atoms. The van der Waals surface area contributed by atoms with Crippen molar-refractivity contribution in [2.24, 2.45) is 5.73 Å². The van der Waals surface area contributed by atoms with Crippen molar-refractivity contribution in [3.05, 3.63) is 0 Å². The molecule has 1 aliphatic heterocycles. The van der Waals surface area contributed by atoms with Crippen LogP contribution in [-0.4, -0.2) is 43.3 Å². The number of morpholine rings is 1. The van der Waals surface area contributed by atoms with Gasteiger partial charge in [-0.15, -0.1) is 0 Å². The van der Waals surface area contributed by atoms with Crippen molar-refractivity contribution in [2.75, 3.05) is 26.3 Å². The van der Waals surface area contributed by atoms with Gasteiger partial charge in [0, 0.05) is 25.2 Å². The summed E-state index contributed by atoms with van der Waals surface area (Å²) in [5, 5.41) is 0. The Morgan fingerprint density at radius 2 is 2.42 bits per heavy atom. The van der Waals surface area contributed by atoms with Crippen molar-refractivity contribution in [3.8, 4) is 0 Å². The third-order valence-corrected chi connectivity index (χ3v) is 2.34. The van der Waals surface area contributed by atoms with Crippen LogP contribution in [0.2, 0.25) is 0 Å². The zero-order valence-electron chi connectivity index (χ0n) is 8.12. The molecule has 0 aliphatic carbocycles. The molecule has 3 heteroatoms. The molecule has 0 radical (unpaired) electrons. The fourth-order valence-electron chi connectivity index (χ4n) is 1.68. The normalized spacial score (nSPS) is 28.8. The summed E-state index contributed by atoms with van der Waals surface area (Å²) in [6.07, 6.45) is 1.16. The van der Waals surface area contributed by atoms with E-state index in [1.807, 2.05) is 0 Å². The highest BCUT2D eigenvalue weighted by Crippen LogP contribution is 2.09. The number of hydrogen-bond acceptors (Lipinski definition) is 3. The summed E-state index contributed by atoms with van der Waals surface area (Å²) in [7, 11) is 0. The van der Waals surface area contributed by atoms with Crippen molar-refractivity contribution < 1.29 is 4.74 Å². The Kier molecular flexibility index (Phi) is 3.98. The number of nitrogens with two attached hydrogens (primary N) is 1. The van der Waals surface area contributed by atoms with Gasteiger partial charge >= 0.3 is 0 Å². The van der Waals surface area contributed by atoms with Crippen molar-refractivity contribution >= 4 is 0 Å². The van der Waals surface area contributed by atoms with E-state index in [-0.39, 0.29) is 6.04 Å². The molecule has 1 saturated heterocycles. The van der Waals surface area contributed by atoms with E-state index in [0.717, 1.165) is 32.7 Å². The second-order valence-electron chi connectivity index (χ2n) is 3.61. The first-order valence-electron chi connectivity index (χ1n) is 4.81. The maximum atomic E-state index is 5.76. The molecule has 1 fully saturated rings. The highest BCUT2D eigenvalue weighted by Gasteiger charge is 2.21. The molecule has 3 nitrogen and oxygen atoms in total. The zero-order chi connectivity index (χ0) is 8.97. The first-order chi connectivity index (χ1) is 5.74. The molecular formula is C9H20N2O. The first kappa shape index (κ1) is 9.96.